The molecule has 0 heterocycles. The predicted octanol–water partition coefficient (Wildman–Crippen LogP) is 2.28. The molecule has 136 valence electrons. The number of ether oxygens (including phenoxy) is 2. The van der Waals surface area contributed by atoms with E-state index >= 15 is 0 Å². The number of nitrogens with zero attached hydrogens (tertiary/aromatic N) is 2. The second kappa shape index (κ2) is 8.47. The maximum absolute atomic E-state index is 12.1. The van der Waals surface area contributed by atoms with Crippen molar-refractivity contribution in [3.63, 3.8) is 0 Å². The molecular formula is C17H17N3O6. The lowest BCUT2D eigenvalue weighted by Crippen LogP contribution is -2.16. The van der Waals surface area contributed by atoms with Crippen LogP contribution in [0.15, 0.2) is 47.6 Å². The van der Waals surface area contributed by atoms with Crippen molar-refractivity contribution in [3.8, 4) is 11.5 Å². The number of non-ortho nitro benzene ring substituents is 1. The lowest BCUT2D eigenvalue weighted by Gasteiger charge is -2.07. The van der Waals surface area contributed by atoms with E-state index < -0.39 is 10.9 Å². The molecular weight excluding hydrogens is 342 g/mol. The van der Waals surface area contributed by atoms with E-state index in [0.717, 1.165) is 0 Å². The van der Waals surface area contributed by atoms with E-state index in [0.29, 0.717) is 17.1 Å². The molecule has 2 aromatic rings. The van der Waals surface area contributed by atoms with Gasteiger partial charge in [-0.15, -0.1) is 0 Å². The number of amidine groups is 1. The van der Waals surface area contributed by atoms with E-state index in [-0.39, 0.29) is 23.5 Å². The molecule has 0 radical (unpaired) electrons. The average molecular weight is 359 g/mol. The van der Waals surface area contributed by atoms with Gasteiger partial charge in [0.1, 0.15) is 17.3 Å². The molecule has 2 aromatic carbocycles. The summed E-state index contributed by atoms with van der Waals surface area (Å²) in [6.07, 6.45) is 0.173. The maximum atomic E-state index is 12.1. The van der Waals surface area contributed by atoms with Crippen molar-refractivity contribution < 1.29 is 24.0 Å². The monoisotopic (exact) mass is 359 g/mol. The van der Waals surface area contributed by atoms with Gasteiger partial charge < -0.3 is 20.0 Å². The summed E-state index contributed by atoms with van der Waals surface area (Å²) in [5.41, 5.74) is 6.59. The summed E-state index contributed by atoms with van der Waals surface area (Å²) in [7, 11) is 2.93. The molecule has 0 aliphatic carbocycles. The van der Waals surface area contributed by atoms with Crippen LogP contribution in [0.25, 0.3) is 0 Å². The first-order valence-corrected chi connectivity index (χ1v) is 7.43. The molecule has 2 N–H and O–H groups in total. The lowest BCUT2D eigenvalue weighted by molar-refractivity contribution is -0.384. The average Bonchev–Trinajstić information content (AvgIpc) is 2.65. The Kier molecular flexibility index (Phi) is 6.10. The molecule has 0 aromatic heterocycles. The number of carbonyl (C=O) groups excluding carboxylic acids is 1. The van der Waals surface area contributed by atoms with Gasteiger partial charge in [-0.2, -0.15) is 0 Å². The fourth-order valence-corrected chi connectivity index (χ4v) is 2.06. The smallest absolute Gasteiger partial charge is 0.366 e. The van der Waals surface area contributed by atoms with Crippen LogP contribution >= 0.6 is 0 Å². The van der Waals surface area contributed by atoms with E-state index in [1.807, 2.05) is 0 Å². The number of hydrogen-bond donors (Lipinski definition) is 1. The van der Waals surface area contributed by atoms with Crippen LogP contribution in [0.4, 0.5) is 5.69 Å². The zero-order valence-corrected chi connectivity index (χ0v) is 14.2. The summed E-state index contributed by atoms with van der Waals surface area (Å²) in [6, 6.07) is 10.4. The van der Waals surface area contributed by atoms with Crippen LogP contribution in [0.3, 0.4) is 0 Å². The van der Waals surface area contributed by atoms with Crippen molar-refractivity contribution in [1.29, 1.82) is 0 Å². The van der Waals surface area contributed by atoms with E-state index in [9.17, 15) is 14.9 Å². The van der Waals surface area contributed by atoms with Crippen molar-refractivity contribution in [1.82, 2.24) is 0 Å². The summed E-state index contributed by atoms with van der Waals surface area (Å²) in [5, 5.41) is 14.2. The Morgan fingerprint density at radius 1 is 1.12 bits per heavy atom. The van der Waals surface area contributed by atoms with Gasteiger partial charge in [0.05, 0.1) is 24.7 Å². The minimum absolute atomic E-state index is 0.0253. The number of oxime groups is 1. The summed E-state index contributed by atoms with van der Waals surface area (Å²) in [6.45, 7) is 0. The number of nitro benzene ring substituents is 1. The van der Waals surface area contributed by atoms with Gasteiger partial charge in [-0.3, -0.25) is 10.1 Å². The Morgan fingerprint density at radius 2 is 1.69 bits per heavy atom. The van der Waals surface area contributed by atoms with Crippen LogP contribution in [0.5, 0.6) is 11.5 Å². The van der Waals surface area contributed by atoms with Gasteiger partial charge in [0, 0.05) is 24.6 Å². The van der Waals surface area contributed by atoms with Crippen LogP contribution in [0.1, 0.15) is 15.9 Å². The highest BCUT2D eigenvalue weighted by Crippen LogP contribution is 2.23. The van der Waals surface area contributed by atoms with Crippen LogP contribution in [-0.4, -0.2) is 30.9 Å². The number of nitro groups is 1. The molecule has 0 aliphatic heterocycles. The van der Waals surface area contributed by atoms with Gasteiger partial charge in [0.25, 0.3) is 5.69 Å². The fourth-order valence-electron chi connectivity index (χ4n) is 2.06. The van der Waals surface area contributed by atoms with Gasteiger partial charge in [-0.05, 0) is 17.7 Å². The Bertz CT molecular complexity index is 811. The molecule has 0 amide bonds. The van der Waals surface area contributed by atoms with Gasteiger partial charge in [-0.25, -0.2) is 4.79 Å². The highest BCUT2D eigenvalue weighted by Gasteiger charge is 2.12. The second-order valence-corrected chi connectivity index (χ2v) is 5.16. The van der Waals surface area contributed by atoms with Gasteiger partial charge in [0.2, 0.25) is 0 Å². The van der Waals surface area contributed by atoms with Crippen molar-refractivity contribution in [3.05, 3.63) is 63.7 Å². The van der Waals surface area contributed by atoms with E-state index in [1.54, 1.807) is 18.2 Å². The topological polar surface area (TPSA) is 126 Å². The maximum Gasteiger partial charge on any atom is 0.366 e. The van der Waals surface area contributed by atoms with Crippen molar-refractivity contribution in [2.45, 2.75) is 6.42 Å². The third-order valence-electron chi connectivity index (χ3n) is 3.37. The standard InChI is InChI=1S/C17H17N3O6/c1-24-14-8-12(9-15(10-14)25-2)17(21)26-19-16(18)7-11-3-5-13(6-4-11)20(22)23/h3-6,8-10H,7H2,1-2H3,(H2,18,19). The van der Waals surface area contributed by atoms with Crippen molar-refractivity contribution >= 4 is 17.5 Å². The van der Waals surface area contributed by atoms with E-state index in [2.05, 4.69) is 5.16 Å². The van der Waals surface area contributed by atoms with Crippen LogP contribution in [0.2, 0.25) is 0 Å². The van der Waals surface area contributed by atoms with Gasteiger partial charge in [0.15, 0.2) is 0 Å². The van der Waals surface area contributed by atoms with Crippen molar-refractivity contribution in [2.24, 2.45) is 10.9 Å². The summed E-state index contributed by atoms with van der Waals surface area (Å²) < 4.78 is 10.2. The van der Waals surface area contributed by atoms with Crippen LogP contribution < -0.4 is 15.2 Å². The minimum atomic E-state index is -0.728. The third kappa shape index (κ3) is 4.94. The van der Waals surface area contributed by atoms with Crippen LogP contribution in [0, 0.1) is 10.1 Å². The second-order valence-electron chi connectivity index (χ2n) is 5.16. The van der Waals surface area contributed by atoms with Crippen LogP contribution in [-0.2, 0) is 11.3 Å². The minimum Gasteiger partial charge on any atom is -0.497 e. The highest BCUT2D eigenvalue weighted by molar-refractivity contribution is 5.91. The summed E-state index contributed by atoms with van der Waals surface area (Å²) >= 11 is 0. The molecule has 9 heteroatoms. The number of methoxy groups -OCH3 is 2. The molecule has 0 saturated heterocycles. The lowest BCUT2D eigenvalue weighted by atomic mass is 10.1. The molecule has 0 atom stereocenters. The molecule has 9 nitrogen and oxygen atoms in total. The molecule has 26 heavy (non-hydrogen) atoms. The SMILES string of the molecule is COc1cc(OC)cc(C(=O)O/N=C(\N)Cc2ccc([N+](=O)[O-])cc2)c1. The number of benzene rings is 2. The molecule has 2 rings (SSSR count). The fraction of sp³-hybridized carbons (Fsp3) is 0.176. The number of rotatable bonds is 7. The predicted molar refractivity (Wildman–Crippen MR) is 93.4 cm³/mol. The Balaban J connectivity index is 2.03. The van der Waals surface area contributed by atoms with E-state index in [1.165, 1.54) is 38.5 Å². The van der Waals surface area contributed by atoms with Gasteiger partial charge >= 0.3 is 5.97 Å². The normalized spacial score (nSPS) is 10.9. The Hall–Kier alpha value is -3.62. The Labute approximate surface area is 149 Å². The first kappa shape index (κ1) is 18.7. The highest BCUT2D eigenvalue weighted by atomic mass is 16.7. The summed E-state index contributed by atoms with van der Waals surface area (Å²) in [5.74, 6) is 0.175. The first-order valence-electron chi connectivity index (χ1n) is 7.43. The molecule has 0 fully saturated rings. The molecule has 0 spiro atoms. The Morgan fingerprint density at radius 3 is 2.19 bits per heavy atom. The largest absolute Gasteiger partial charge is 0.497 e. The molecule has 0 bridgehead atoms. The zero-order valence-electron chi connectivity index (χ0n) is 14.2. The quantitative estimate of drug-likeness (QED) is 0.264. The molecule has 0 saturated carbocycles. The number of carbonyl (C=O) groups is 1. The first-order chi connectivity index (χ1) is 12.4. The van der Waals surface area contributed by atoms with Gasteiger partial charge in [-0.1, -0.05) is 17.3 Å². The summed E-state index contributed by atoms with van der Waals surface area (Å²) in [4.78, 5) is 27.0. The van der Waals surface area contributed by atoms with E-state index in [4.69, 9.17) is 20.0 Å². The number of nitrogens with two attached hydrogens (primary N) is 1. The molecule has 0 aliphatic rings. The zero-order chi connectivity index (χ0) is 19.1. The third-order valence-corrected chi connectivity index (χ3v) is 3.37. The molecule has 0 unspecified atom stereocenters. The van der Waals surface area contributed by atoms with Crippen molar-refractivity contribution in [2.75, 3.05) is 14.2 Å². The number of hydrogen-bond acceptors (Lipinski definition) is 7.